The first-order chi connectivity index (χ1) is 8.63. The summed E-state index contributed by atoms with van der Waals surface area (Å²) in [5.41, 5.74) is 0.973. The minimum atomic E-state index is -0.0848. The molecule has 1 atom stereocenters. The second kappa shape index (κ2) is 5.35. The molecule has 1 aromatic heterocycles. The lowest BCUT2D eigenvalue weighted by molar-refractivity contribution is 0.0711. The Morgan fingerprint density at radius 1 is 1.56 bits per heavy atom. The molecule has 0 saturated carbocycles. The van der Waals surface area contributed by atoms with Crippen LogP contribution in [-0.4, -0.2) is 45.9 Å². The summed E-state index contributed by atoms with van der Waals surface area (Å²) < 4.78 is 0. The molecule has 1 amide bonds. The number of amides is 1. The number of hydrogen-bond acceptors (Lipinski definition) is 3. The lowest BCUT2D eigenvalue weighted by Gasteiger charge is -2.23. The monoisotopic (exact) mass is 250 g/mol. The van der Waals surface area contributed by atoms with E-state index in [1.54, 1.807) is 17.2 Å². The molecule has 1 aliphatic rings. The Kier molecular flexibility index (Phi) is 3.81. The molecule has 2 rings (SSSR count). The topological polar surface area (TPSA) is 73.4 Å². The molecule has 98 valence electrons. The predicted molar refractivity (Wildman–Crippen MR) is 66.6 cm³/mol. The van der Waals surface area contributed by atoms with Gasteiger partial charge in [0.2, 0.25) is 0 Å². The van der Waals surface area contributed by atoms with Crippen LogP contribution in [0.5, 0.6) is 0 Å². The van der Waals surface area contributed by atoms with Crippen LogP contribution in [0.2, 0.25) is 0 Å². The van der Waals surface area contributed by atoms with Crippen molar-refractivity contribution in [2.75, 3.05) is 13.2 Å². The number of H-pyrrole nitrogens is 1. The van der Waals surface area contributed by atoms with E-state index in [1.165, 1.54) is 6.92 Å². The predicted octanol–water partition coefficient (Wildman–Crippen LogP) is 1.20. The Bertz CT molecular complexity index is 453. The molecule has 0 aliphatic carbocycles. The summed E-state index contributed by atoms with van der Waals surface area (Å²) in [5.74, 6) is -0.142. The highest BCUT2D eigenvalue weighted by atomic mass is 16.3. The SMILES string of the molecule is CC(=O)c1c[nH]c(C(=O)N2CCCC2CCO)c1. The van der Waals surface area contributed by atoms with Gasteiger partial charge in [-0.05, 0) is 32.3 Å². The number of aliphatic hydroxyl groups is 1. The summed E-state index contributed by atoms with van der Waals surface area (Å²) in [7, 11) is 0. The molecule has 18 heavy (non-hydrogen) atoms. The molecule has 5 nitrogen and oxygen atoms in total. The largest absolute Gasteiger partial charge is 0.396 e. The van der Waals surface area contributed by atoms with Crippen molar-refractivity contribution in [3.05, 3.63) is 23.5 Å². The summed E-state index contributed by atoms with van der Waals surface area (Å²) in [4.78, 5) is 28.1. The van der Waals surface area contributed by atoms with Crippen LogP contribution in [0.3, 0.4) is 0 Å². The number of nitrogens with zero attached hydrogens (tertiary/aromatic N) is 1. The van der Waals surface area contributed by atoms with Crippen molar-refractivity contribution in [2.24, 2.45) is 0 Å². The lowest BCUT2D eigenvalue weighted by Crippen LogP contribution is -2.36. The molecule has 1 aromatic rings. The van der Waals surface area contributed by atoms with E-state index < -0.39 is 0 Å². The fraction of sp³-hybridized carbons (Fsp3) is 0.538. The Hall–Kier alpha value is -1.62. The van der Waals surface area contributed by atoms with Gasteiger partial charge in [-0.15, -0.1) is 0 Å². The van der Waals surface area contributed by atoms with Crippen molar-refractivity contribution in [3.8, 4) is 0 Å². The van der Waals surface area contributed by atoms with E-state index in [9.17, 15) is 9.59 Å². The van der Waals surface area contributed by atoms with E-state index in [0.717, 1.165) is 19.4 Å². The number of carbonyl (C=O) groups is 2. The van der Waals surface area contributed by atoms with Gasteiger partial charge in [0.25, 0.3) is 5.91 Å². The van der Waals surface area contributed by atoms with Crippen molar-refractivity contribution in [1.82, 2.24) is 9.88 Å². The summed E-state index contributed by atoms with van der Waals surface area (Å²) >= 11 is 0. The van der Waals surface area contributed by atoms with Gasteiger partial charge in [0.1, 0.15) is 5.69 Å². The molecule has 1 fully saturated rings. The van der Waals surface area contributed by atoms with Crippen molar-refractivity contribution in [3.63, 3.8) is 0 Å². The summed E-state index contributed by atoms with van der Waals surface area (Å²) in [6.45, 7) is 2.29. The van der Waals surface area contributed by atoms with Crippen LogP contribution < -0.4 is 0 Å². The average molecular weight is 250 g/mol. The third kappa shape index (κ3) is 2.46. The number of nitrogens with one attached hydrogen (secondary N) is 1. The number of ketones is 1. The molecule has 2 heterocycles. The van der Waals surface area contributed by atoms with Gasteiger partial charge in [0.05, 0.1) is 0 Å². The highest BCUT2D eigenvalue weighted by molar-refractivity contribution is 5.99. The molecule has 0 bridgehead atoms. The Morgan fingerprint density at radius 2 is 2.33 bits per heavy atom. The van der Waals surface area contributed by atoms with Gasteiger partial charge in [0, 0.05) is 31.0 Å². The third-order valence-electron chi connectivity index (χ3n) is 3.42. The van der Waals surface area contributed by atoms with Gasteiger partial charge in [-0.25, -0.2) is 0 Å². The van der Waals surface area contributed by atoms with E-state index in [1.807, 2.05) is 0 Å². The molecular weight excluding hydrogens is 232 g/mol. The van der Waals surface area contributed by atoms with Crippen LogP contribution in [0.1, 0.15) is 47.0 Å². The van der Waals surface area contributed by atoms with E-state index in [0.29, 0.717) is 17.7 Å². The van der Waals surface area contributed by atoms with Crippen LogP contribution >= 0.6 is 0 Å². The highest BCUT2D eigenvalue weighted by Crippen LogP contribution is 2.22. The van der Waals surface area contributed by atoms with Crippen LogP contribution in [0, 0.1) is 0 Å². The van der Waals surface area contributed by atoms with Crippen LogP contribution in [-0.2, 0) is 0 Å². The maximum absolute atomic E-state index is 12.3. The van der Waals surface area contributed by atoms with Gasteiger partial charge in [-0.3, -0.25) is 9.59 Å². The van der Waals surface area contributed by atoms with E-state index in [-0.39, 0.29) is 24.3 Å². The average Bonchev–Trinajstić information content (AvgIpc) is 2.97. The van der Waals surface area contributed by atoms with Gasteiger partial charge in [-0.2, -0.15) is 0 Å². The van der Waals surface area contributed by atoms with Gasteiger partial charge >= 0.3 is 0 Å². The van der Waals surface area contributed by atoms with Crippen molar-refractivity contribution < 1.29 is 14.7 Å². The Balaban J connectivity index is 2.12. The summed E-state index contributed by atoms with van der Waals surface area (Å²) in [6.07, 6.45) is 4.09. The normalized spacial score (nSPS) is 19.2. The Labute approximate surface area is 106 Å². The second-order valence-corrected chi connectivity index (χ2v) is 4.67. The number of aromatic nitrogens is 1. The van der Waals surface area contributed by atoms with Crippen LogP contribution in [0.15, 0.2) is 12.3 Å². The molecule has 1 aliphatic heterocycles. The zero-order chi connectivity index (χ0) is 13.1. The first-order valence-corrected chi connectivity index (χ1v) is 6.24. The fourth-order valence-electron chi connectivity index (χ4n) is 2.43. The molecule has 0 radical (unpaired) electrons. The van der Waals surface area contributed by atoms with E-state index in [2.05, 4.69) is 4.98 Å². The quantitative estimate of drug-likeness (QED) is 0.789. The molecule has 1 saturated heterocycles. The number of aliphatic hydroxyl groups excluding tert-OH is 1. The lowest BCUT2D eigenvalue weighted by atomic mass is 10.1. The molecular formula is C13H18N2O3. The number of carbonyl (C=O) groups excluding carboxylic acids is 2. The molecule has 0 spiro atoms. The number of likely N-dealkylation sites (tertiary alicyclic amines) is 1. The summed E-state index contributed by atoms with van der Waals surface area (Å²) in [6, 6.07) is 1.71. The van der Waals surface area contributed by atoms with E-state index in [4.69, 9.17) is 5.11 Å². The van der Waals surface area contributed by atoms with Crippen molar-refractivity contribution >= 4 is 11.7 Å². The minimum absolute atomic E-state index is 0.0568. The smallest absolute Gasteiger partial charge is 0.270 e. The fourth-order valence-corrected chi connectivity index (χ4v) is 2.43. The molecule has 2 N–H and O–H groups in total. The zero-order valence-corrected chi connectivity index (χ0v) is 10.5. The second-order valence-electron chi connectivity index (χ2n) is 4.67. The van der Waals surface area contributed by atoms with Crippen molar-refractivity contribution in [1.29, 1.82) is 0 Å². The van der Waals surface area contributed by atoms with Gasteiger partial charge < -0.3 is 15.0 Å². The number of rotatable bonds is 4. The minimum Gasteiger partial charge on any atom is -0.396 e. The van der Waals surface area contributed by atoms with Crippen molar-refractivity contribution in [2.45, 2.75) is 32.2 Å². The third-order valence-corrected chi connectivity index (χ3v) is 3.42. The first-order valence-electron chi connectivity index (χ1n) is 6.24. The molecule has 0 aromatic carbocycles. The number of Topliss-reactive ketones (excluding diaryl/α,β-unsaturated/α-hetero) is 1. The maximum Gasteiger partial charge on any atom is 0.270 e. The first kappa shape index (κ1) is 12.8. The molecule has 5 heteroatoms. The zero-order valence-electron chi connectivity index (χ0n) is 10.5. The maximum atomic E-state index is 12.3. The summed E-state index contributed by atoms with van der Waals surface area (Å²) in [5, 5.41) is 8.98. The van der Waals surface area contributed by atoms with Crippen LogP contribution in [0.4, 0.5) is 0 Å². The highest BCUT2D eigenvalue weighted by Gasteiger charge is 2.29. The van der Waals surface area contributed by atoms with E-state index >= 15 is 0 Å². The standard InChI is InChI=1S/C13H18N2O3/c1-9(17)10-7-12(14-8-10)13(18)15-5-2-3-11(15)4-6-16/h7-8,11,14,16H,2-6H2,1H3. The number of aromatic amines is 1. The van der Waals surface area contributed by atoms with Gasteiger partial charge in [-0.1, -0.05) is 0 Å². The molecule has 1 unspecified atom stereocenters. The number of hydrogen-bond donors (Lipinski definition) is 2. The Morgan fingerprint density at radius 3 is 2.94 bits per heavy atom. The van der Waals surface area contributed by atoms with Crippen LogP contribution in [0.25, 0.3) is 0 Å². The van der Waals surface area contributed by atoms with Gasteiger partial charge in [0.15, 0.2) is 5.78 Å².